The Morgan fingerprint density at radius 1 is 1.08 bits per heavy atom. The molecule has 2 aromatic carbocycles. The van der Waals surface area contributed by atoms with Gasteiger partial charge in [-0.3, -0.25) is 19.5 Å². The second-order valence-electron chi connectivity index (χ2n) is 9.53. The summed E-state index contributed by atoms with van der Waals surface area (Å²) in [6.45, 7) is 1.51. The molecule has 202 valence electrons. The lowest BCUT2D eigenvalue weighted by Crippen LogP contribution is -2.51. The van der Waals surface area contributed by atoms with Gasteiger partial charge in [0.05, 0.1) is 31.6 Å². The number of para-hydroxylation sites is 1. The largest absolute Gasteiger partial charge is 0.493 e. The molecular weight excluding hydrogens is 498 g/mol. The van der Waals surface area contributed by atoms with Crippen molar-refractivity contribution in [2.45, 2.75) is 51.2 Å². The minimum Gasteiger partial charge on any atom is -0.493 e. The molecule has 1 atom stereocenters. The third kappa shape index (κ3) is 5.66. The van der Waals surface area contributed by atoms with Gasteiger partial charge in [-0.1, -0.05) is 31.0 Å². The topological polar surface area (TPSA) is 124 Å². The van der Waals surface area contributed by atoms with Crippen LogP contribution in [0.4, 0.5) is 5.69 Å². The van der Waals surface area contributed by atoms with Gasteiger partial charge in [0.25, 0.3) is 5.91 Å². The molecule has 11 heteroatoms. The predicted octanol–water partition coefficient (Wildman–Crippen LogP) is 3.39. The Morgan fingerprint density at radius 2 is 1.85 bits per heavy atom. The molecule has 2 amide bonds. The molecule has 1 N–H and O–H groups in total. The second-order valence-corrected chi connectivity index (χ2v) is 9.53. The SMILES string of the molecule is COc1ccc(-c2nnn(CC(=O)N(c3cnc4ccccc4c3)[C@@H](C)C(=O)NC3CCCC3)n2)cc1OC. The Hall–Kier alpha value is -4.54. The van der Waals surface area contributed by atoms with E-state index >= 15 is 0 Å². The van der Waals surface area contributed by atoms with E-state index in [1.807, 2.05) is 30.3 Å². The lowest BCUT2D eigenvalue weighted by Gasteiger charge is -2.29. The standard InChI is InChI=1S/C28H31N7O4/c1-18(28(37)30-21-9-5-6-10-21)35(22-14-19-8-4-7-11-23(19)29-16-22)26(36)17-34-32-27(31-33-34)20-12-13-24(38-2)25(15-20)39-3/h4,7-8,11-16,18,21H,5-6,9-10,17H2,1-3H3,(H,30,37)/t18-/m0/s1. The van der Waals surface area contributed by atoms with Crippen LogP contribution in [-0.2, 0) is 16.1 Å². The summed E-state index contributed by atoms with van der Waals surface area (Å²) < 4.78 is 10.7. The molecular formula is C28H31N7O4. The first-order valence-electron chi connectivity index (χ1n) is 12.9. The van der Waals surface area contributed by atoms with Crippen LogP contribution >= 0.6 is 0 Å². The summed E-state index contributed by atoms with van der Waals surface area (Å²) in [5.41, 5.74) is 1.98. The molecule has 2 aromatic heterocycles. The molecule has 0 unspecified atom stereocenters. The van der Waals surface area contributed by atoms with Crippen molar-refractivity contribution in [1.29, 1.82) is 0 Å². The zero-order chi connectivity index (χ0) is 27.4. The number of ether oxygens (including phenoxy) is 2. The van der Waals surface area contributed by atoms with Crippen LogP contribution in [0, 0.1) is 0 Å². The predicted molar refractivity (Wildman–Crippen MR) is 145 cm³/mol. The van der Waals surface area contributed by atoms with Crippen LogP contribution in [0.3, 0.4) is 0 Å². The van der Waals surface area contributed by atoms with Crippen LogP contribution < -0.4 is 19.7 Å². The number of hydrogen-bond acceptors (Lipinski definition) is 8. The van der Waals surface area contributed by atoms with Gasteiger partial charge in [0.1, 0.15) is 12.6 Å². The summed E-state index contributed by atoms with van der Waals surface area (Å²) in [7, 11) is 3.11. The van der Waals surface area contributed by atoms with Gasteiger partial charge in [-0.05, 0) is 55.3 Å². The van der Waals surface area contributed by atoms with Gasteiger partial charge in [0, 0.05) is 17.0 Å². The monoisotopic (exact) mass is 529 g/mol. The average molecular weight is 530 g/mol. The summed E-state index contributed by atoms with van der Waals surface area (Å²) in [6, 6.07) is 14.1. The molecule has 0 spiro atoms. The van der Waals surface area contributed by atoms with Gasteiger partial charge < -0.3 is 14.8 Å². The first-order valence-corrected chi connectivity index (χ1v) is 12.9. The number of nitrogens with zero attached hydrogens (tertiary/aromatic N) is 6. The Labute approximate surface area is 226 Å². The lowest BCUT2D eigenvalue weighted by molar-refractivity contribution is -0.127. The fraction of sp³-hybridized carbons (Fsp3) is 0.357. The summed E-state index contributed by atoms with van der Waals surface area (Å²) in [4.78, 5) is 34.1. The van der Waals surface area contributed by atoms with Gasteiger partial charge in [-0.15, -0.1) is 10.2 Å². The number of tetrazole rings is 1. The van der Waals surface area contributed by atoms with Crippen molar-refractivity contribution in [3.63, 3.8) is 0 Å². The first kappa shape index (κ1) is 26.1. The maximum Gasteiger partial charge on any atom is 0.251 e. The highest BCUT2D eigenvalue weighted by atomic mass is 16.5. The number of rotatable bonds is 9. The van der Waals surface area contributed by atoms with E-state index in [0.29, 0.717) is 28.6 Å². The molecule has 39 heavy (non-hydrogen) atoms. The Kier molecular flexibility index (Phi) is 7.67. The van der Waals surface area contributed by atoms with Crippen molar-refractivity contribution in [3.8, 4) is 22.9 Å². The molecule has 1 aliphatic rings. The van der Waals surface area contributed by atoms with Crippen LogP contribution in [-0.4, -0.2) is 63.3 Å². The molecule has 5 rings (SSSR count). The molecule has 0 radical (unpaired) electrons. The number of carbonyl (C=O) groups excluding carboxylic acids is 2. The smallest absolute Gasteiger partial charge is 0.251 e. The number of pyridine rings is 1. The first-order chi connectivity index (χ1) is 19.0. The van der Waals surface area contributed by atoms with Gasteiger partial charge in [-0.25, -0.2) is 0 Å². The van der Waals surface area contributed by atoms with E-state index in [1.54, 1.807) is 45.5 Å². The number of carbonyl (C=O) groups is 2. The van der Waals surface area contributed by atoms with Crippen molar-refractivity contribution < 1.29 is 19.1 Å². The van der Waals surface area contributed by atoms with Crippen molar-refractivity contribution in [2.24, 2.45) is 0 Å². The average Bonchev–Trinajstić information content (AvgIpc) is 3.65. The molecule has 0 aliphatic heterocycles. The highest BCUT2D eigenvalue weighted by molar-refractivity contribution is 6.01. The summed E-state index contributed by atoms with van der Waals surface area (Å²) in [5, 5.41) is 16.6. The van der Waals surface area contributed by atoms with E-state index in [-0.39, 0.29) is 24.4 Å². The number of anilines is 1. The lowest BCUT2D eigenvalue weighted by atomic mass is 10.1. The van der Waals surface area contributed by atoms with Gasteiger partial charge in [0.15, 0.2) is 11.5 Å². The van der Waals surface area contributed by atoms with E-state index in [9.17, 15) is 9.59 Å². The number of methoxy groups -OCH3 is 2. The van der Waals surface area contributed by atoms with Gasteiger partial charge in [0.2, 0.25) is 11.7 Å². The highest BCUT2D eigenvalue weighted by Crippen LogP contribution is 2.31. The van der Waals surface area contributed by atoms with Crippen LogP contribution in [0.2, 0.25) is 0 Å². The molecule has 1 saturated carbocycles. The number of aromatic nitrogens is 5. The number of benzene rings is 2. The molecule has 1 fully saturated rings. The van der Waals surface area contributed by atoms with Gasteiger partial charge in [-0.2, -0.15) is 4.80 Å². The fourth-order valence-corrected chi connectivity index (χ4v) is 4.88. The summed E-state index contributed by atoms with van der Waals surface area (Å²) in [6.07, 6.45) is 5.70. The van der Waals surface area contributed by atoms with E-state index in [0.717, 1.165) is 36.6 Å². The highest BCUT2D eigenvalue weighted by Gasteiger charge is 2.30. The van der Waals surface area contributed by atoms with Crippen LogP contribution in [0.5, 0.6) is 11.5 Å². The van der Waals surface area contributed by atoms with Crippen molar-refractivity contribution in [3.05, 3.63) is 54.7 Å². The zero-order valence-electron chi connectivity index (χ0n) is 22.2. The molecule has 4 aromatic rings. The zero-order valence-corrected chi connectivity index (χ0v) is 22.2. The number of amides is 2. The minimum absolute atomic E-state index is 0.132. The Balaban J connectivity index is 1.41. The minimum atomic E-state index is -0.769. The van der Waals surface area contributed by atoms with Gasteiger partial charge >= 0.3 is 0 Å². The van der Waals surface area contributed by atoms with Crippen molar-refractivity contribution in [1.82, 2.24) is 30.5 Å². The number of fused-ring (bicyclic) bond motifs is 1. The number of nitrogens with one attached hydrogen (secondary N) is 1. The maximum absolute atomic E-state index is 13.7. The quantitative estimate of drug-likeness (QED) is 0.350. The van der Waals surface area contributed by atoms with Crippen LogP contribution in [0.15, 0.2) is 54.7 Å². The normalized spacial score (nSPS) is 14.2. The van der Waals surface area contributed by atoms with Crippen LogP contribution in [0.1, 0.15) is 32.6 Å². The Morgan fingerprint density at radius 3 is 2.62 bits per heavy atom. The third-order valence-corrected chi connectivity index (χ3v) is 6.96. The molecule has 2 heterocycles. The Bertz CT molecular complexity index is 1480. The van der Waals surface area contributed by atoms with E-state index in [2.05, 4.69) is 25.7 Å². The molecule has 0 bridgehead atoms. The van der Waals surface area contributed by atoms with Crippen molar-refractivity contribution in [2.75, 3.05) is 19.1 Å². The van der Waals surface area contributed by atoms with E-state index in [1.165, 1.54) is 9.70 Å². The molecule has 11 nitrogen and oxygen atoms in total. The molecule has 1 aliphatic carbocycles. The third-order valence-electron chi connectivity index (χ3n) is 6.96. The second kappa shape index (κ2) is 11.5. The van der Waals surface area contributed by atoms with E-state index in [4.69, 9.17) is 9.47 Å². The summed E-state index contributed by atoms with van der Waals surface area (Å²) >= 11 is 0. The number of hydrogen-bond donors (Lipinski definition) is 1. The summed E-state index contributed by atoms with van der Waals surface area (Å²) in [5.74, 6) is 0.862. The van der Waals surface area contributed by atoms with E-state index < -0.39 is 6.04 Å². The maximum atomic E-state index is 13.7. The van der Waals surface area contributed by atoms with Crippen molar-refractivity contribution >= 4 is 28.4 Å². The molecule has 0 saturated heterocycles. The van der Waals surface area contributed by atoms with Crippen LogP contribution in [0.25, 0.3) is 22.3 Å². The fourth-order valence-electron chi connectivity index (χ4n) is 4.88.